The smallest absolute Gasteiger partial charge is 0.260 e. The first-order valence-corrected chi connectivity index (χ1v) is 11.3. The number of aromatic nitrogens is 2. The van der Waals surface area contributed by atoms with Crippen LogP contribution >= 0.6 is 0 Å². The van der Waals surface area contributed by atoms with Crippen LogP contribution in [-0.4, -0.2) is 74.9 Å². The first kappa shape index (κ1) is 22.1. The molecule has 9 heteroatoms. The summed E-state index contributed by atoms with van der Waals surface area (Å²) in [5, 5.41) is 3.30. The lowest BCUT2D eigenvalue weighted by molar-refractivity contribution is 0.0498. The van der Waals surface area contributed by atoms with E-state index in [0.717, 1.165) is 36.7 Å². The molecule has 176 valence electrons. The zero-order valence-corrected chi connectivity index (χ0v) is 19.9. The van der Waals surface area contributed by atoms with Gasteiger partial charge < -0.3 is 29.7 Å². The van der Waals surface area contributed by atoms with Crippen molar-refractivity contribution >= 4 is 40.4 Å². The molecular formula is C25H29N7O2. The number of carbonyl (C=O) groups is 1. The molecule has 0 aliphatic carbocycles. The van der Waals surface area contributed by atoms with E-state index in [2.05, 4.69) is 39.3 Å². The number of likely N-dealkylation sites (N-methyl/N-ethyl adjacent to an activating group) is 1. The molecule has 5 rings (SSSR count). The van der Waals surface area contributed by atoms with E-state index in [0.29, 0.717) is 23.0 Å². The number of ether oxygens (including phenoxy) is 1. The number of rotatable bonds is 4. The van der Waals surface area contributed by atoms with E-state index in [9.17, 15) is 4.79 Å². The highest BCUT2D eigenvalue weighted by molar-refractivity contribution is 6.13. The van der Waals surface area contributed by atoms with Gasteiger partial charge in [0.15, 0.2) is 5.82 Å². The summed E-state index contributed by atoms with van der Waals surface area (Å²) in [4.78, 5) is 30.3. The van der Waals surface area contributed by atoms with Gasteiger partial charge in [-0.25, -0.2) is 4.98 Å². The van der Waals surface area contributed by atoms with Crippen molar-refractivity contribution in [3.8, 4) is 0 Å². The van der Waals surface area contributed by atoms with E-state index >= 15 is 0 Å². The number of anilines is 6. The molecule has 1 aromatic heterocycles. The van der Waals surface area contributed by atoms with Gasteiger partial charge in [0.2, 0.25) is 5.95 Å². The first-order valence-electron chi connectivity index (χ1n) is 11.3. The van der Waals surface area contributed by atoms with Gasteiger partial charge in [-0.1, -0.05) is 12.1 Å². The summed E-state index contributed by atoms with van der Waals surface area (Å²) in [5.41, 5.74) is 4.10. The molecule has 1 N–H and O–H groups in total. The van der Waals surface area contributed by atoms with E-state index < -0.39 is 0 Å². The number of carbonyl (C=O) groups excluding carboxylic acids is 1. The van der Waals surface area contributed by atoms with Gasteiger partial charge in [-0.3, -0.25) is 4.79 Å². The summed E-state index contributed by atoms with van der Waals surface area (Å²) in [7, 11) is 7.53. The van der Waals surface area contributed by atoms with Gasteiger partial charge in [-0.05, 0) is 43.4 Å². The molecule has 0 spiro atoms. The summed E-state index contributed by atoms with van der Waals surface area (Å²) in [6, 6.07) is 15.7. The van der Waals surface area contributed by atoms with Gasteiger partial charge in [0.1, 0.15) is 11.9 Å². The number of methoxy groups -OCH3 is 1. The molecule has 2 aromatic carbocycles. The van der Waals surface area contributed by atoms with Crippen molar-refractivity contribution in [3.63, 3.8) is 0 Å². The van der Waals surface area contributed by atoms with Crippen LogP contribution in [0.25, 0.3) is 0 Å². The maximum atomic E-state index is 13.0. The number of hydrogen-bond donors (Lipinski definition) is 1. The standard InChI is InChI=1S/C25H29N7O2/c1-29-13-14-32(22(16-29)34-4)18-11-9-17(10-12-18)27-25-26-15-21-23(28-25)30(2)20-8-6-5-7-19(20)24(33)31(21)3/h5-12,15,22H,13-14,16H2,1-4H3,(H,26,27,28). The Hall–Kier alpha value is -3.69. The lowest BCUT2D eigenvalue weighted by Crippen LogP contribution is -2.52. The molecule has 1 unspecified atom stereocenters. The molecule has 9 nitrogen and oxygen atoms in total. The van der Waals surface area contributed by atoms with Crippen LogP contribution in [0.3, 0.4) is 0 Å². The van der Waals surface area contributed by atoms with E-state index in [4.69, 9.17) is 9.72 Å². The molecule has 3 heterocycles. The molecule has 1 saturated heterocycles. The van der Waals surface area contributed by atoms with Crippen molar-refractivity contribution in [2.24, 2.45) is 0 Å². The molecule has 1 atom stereocenters. The average molecular weight is 460 g/mol. The Morgan fingerprint density at radius 3 is 2.50 bits per heavy atom. The number of para-hydroxylation sites is 1. The van der Waals surface area contributed by atoms with Crippen LogP contribution < -0.4 is 20.0 Å². The van der Waals surface area contributed by atoms with Crippen LogP contribution in [0.2, 0.25) is 0 Å². The van der Waals surface area contributed by atoms with Crippen LogP contribution in [0.4, 0.5) is 34.5 Å². The summed E-state index contributed by atoms with van der Waals surface area (Å²) >= 11 is 0. The Bertz CT molecular complexity index is 1200. The predicted molar refractivity (Wildman–Crippen MR) is 135 cm³/mol. The Balaban J connectivity index is 1.39. The van der Waals surface area contributed by atoms with Gasteiger partial charge >= 0.3 is 0 Å². The van der Waals surface area contributed by atoms with Crippen molar-refractivity contribution in [1.82, 2.24) is 14.9 Å². The van der Waals surface area contributed by atoms with Crippen LogP contribution in [0, 0.1) is 0 Å². The Morgan fingerprint density at radius 1 is 0.971 bits per heavy atom. The Labute approximate surface area is 199 Å². The lowest BCUT2D eigenvalue weighted by Gasteiger charge is -2.40. The van der Waals surface area contributed by atoms with Crippen molar-refractivity contribution < 1.29 is 9.53 Å². The highest BCUT2D eigenvalue weighted by Crippen LogP contribution is 2.38. The molecule has 2 aliphatic heterocycles. The minimum Gasteiger partial charge on any atom is -0.360 e. The van der Waals surface area contributed by atoms with Crippen molar-refractivity contribution in [2.75, 3.05) is 67.9 Å². The highest BCUT2D eigenvalue weighted by atomic mass is 16.5. The average Bonchev–Trinajstić information content (AvgIpc) is 2.94. The third-order valence-corrected chi connectivity index (χ3v) is 6.49. The number of nitrogens with one attached hydrogen (secondary N) is 1. The monoisotopic (exact) mass is 459 g/mol. The van der Waals surface area contributed by atoms with Crippen molar-refractivity contribution in [1.29, 1.82) is 0 Å². The molecule has 3 aromatic rings. The Kier molecular flexibility index (Phi) is 5.80. The number of amides is 1. The second kappa shape index (κ2) is 8.92. The summed E-state index contributed by atoms with van der Waals surface area (Å²) < 4.78 is 5.68. The maximum Gasteiger partial charge on any atom is 0.260 e. The molecule has 1 fully saturated rings. The fraction of sp³-hybridized carbons (Fsp3) is 0.320. The minimum absolute atomic E-state index is 0.0311. The minimum atomic E-state index is -0.0839. The zero-order valence-electron chi connectivity index (χ0n) is 19.9. The molecule has 1 amide bonds. The van der Waals surface area contributed by atoms with Crippen LogP contribution in [-0.2, 0) is 4.74 Å². The fourth-order valence-corrected chi connectivity index (χ4v) is 4.50. The number of fused-ring (bicyclic) bond motifs is 2. The number of nitrogens with zero attached hydrogens (tertiary/aromatic N) is 6. The fourth-order valence-electron chi connectivity index (χ4n) is 4.50. The normalized spacial score (nSPS) is 18.4. The van der Waals surface area contributed by atoms with Gasteiger partial charge in [0.25, 0.3) is 5.91 Å². The quantitative estimate of drug-likeness (QED) is 0.637. The maximum absolute atomic E-state index is 13.0. The third kappa shape index (κ3) is 3.93. The van der Waals surface area contributed by atoms with Crippen molar-refractivity contribution in [2.45, 2.75) is 6.23 Å². The zero-order chi connectivity index (χ0) is 23.8. The molecule has 0 radical (unpaired) electrons. The van der Waals surface area contributed by atoms with Crippen LogP contribution in [0.5, 0.6) is 0 Å². The largest absolute Gasteiger partial charge is 0.360 e. The number of benzene rings is 2. The second-order valence-corrected chi connectivity index (χ2v) is 8.66. The van der Waals surface area contributed by atoms with E-state index in [1.807, 2.05) is 48.3 Å². The number of piperazine rings is 1. The molecule has 0 bridgehead atoms. The van der Waals surface area contributed by atoms with Gasteiger partial charge in [0, 0.05) is 52.2 Å². The Morgan fingerprint density at radius 2 is 1.74 bits per heavy atom. The van der Waals surface area contributed by atoms with E-state index in [-0.39, 0.29) is 12.1 Å². The third-order valence-electron chi connectivity index (χ3n) is 6.49. The first-order chi connectivity index (χ1) is 16.5. The lowest BCUT2D eigenvalue weighted by atomic mass is 10.1. The summed E-state index contributed by atoms with van der Waals surface area (Å²) in [6.45, 7) is 2.78. The van der Waals surface area contributed by atoms with Crippen LogP contribution in [0.1, 0.15) is 10.4 Å². The van der Waals surface area contributed by atoms with Gasteiger partial charge in [-0.15, -0.1) is 0 Å². The molecule has 2 aliphatic rings. The number of hydrogen-bond acceptors (Lipinski definition) is 8. The van der Waals surface area contributed by atoms with Gasteiger partial charge in [-0.2, -0.15) is 4.98 Å². The SMILES string of the molecule is COC1CN(C)CCN1c1ccc(Nc2ncc3c(n2)N(C)c2ccccc2C(=O)N3C)cc1. The summed E-state index contributed by atoms with van der Waals surface area (Å²) in [6.07, 6.45) is 1.72. The highest BCUT2D eigenvalue weighted by Gasteiger charge is 2.29. The second-order valence-electron chi connectivity index (χ2n) is 8.66. The van der Waals surface area contributed by atoms with E-state index in [1.165, 1.54) is 0 Å². The van der Waals surface area contributed by atoms with Crippen LogP contribution in [0.15, 0.2) is 54.7 Å². The van der Waals surface area contributed by atoms with Gasteiger partial charge in [0.05, 0.1) is 17.4 Å². The van der Waals surface area contributed by atoms with Crippen molar-refractivity contribution in [3.05, 3.63) is 60.3 Å². The molecule has 34 heavy (non-hydrogen) atoms. The topological polar surface area (TPSA) is 77.1 Å². The van der Waals surface area contributed by atoms with E-state index in [1.54, 1.807) is 25.3 Å². The summed E-state index contributed by atoms with van der Waals surface area (Å²) in [5.74, 6) is 1.04. The molecular weight excluding hydrogens is 430 g/mol. The molecule has 0 saturated carbocycles. The predicted octanol–water partition coefficient (Wildman–Crippen LogP) is 3.30.